The molecule has 25 heavy (non-hydrogen) atoms. The number of benzene rings is 1. The molecule has 0 fully saturated rings. The molecular formula is C18H23N3O3S. The van der Waals surface area contributed by atoms with Crippen LogP contribution in [0.25, 0.3) is 5.69 Å². The molecular weight excluding hydrogens is 338 g/mol. The average molecular weight is 361 g/mol. The molecule has 0 saturated heterocycles. The van der Waals surface area contributed by atoms with Gasteiger partial charge in [-0.1, -0.05) is 26.8 Å². The first-order valence-electron chi connectivity index (χ1n) is 8.16. The minimum atomic E-state index is -1.01. The van der Waals surface area contributed by atoms with Crippen molar-refractivity contribution in [1.82, 2.24) is 9.78 Å². The van der Waals surface area contributed by atoms with Crippen molar-refractivity contribution in [3.05, 3.63) is 41.7 Å². The Labute approximate surface area is 151 Å². The van der Waals surface area contributed by atoms with Crippen molar-refractivity contribution in [1.29, 1.82) is 0 Å². The van der Waals surface area contributed by atoms with E-state index < -0.39 is 5.97 Å². The normalized spacial score (nSPS) is 12.2. The van der Waals surface area contributed by atoms with E-state index in [0.29, 0.717) is 17.1 Å². The largest absolute Gasteiger partial charge is 0.478 e. The Morgan fingerprint density at radius 1 is 1.36 bits per heavy atom. The first-order chi connectivity index (χ1) is 11.8. The highest BCUT2D eigenvalue weighted by Crippen LogP contribution is 2.23. The lowest BCUT2D eigenvalue weighted by molar-refractivity contribution is -0.116. The average Bonchev–Trinajstić information content (AvgIpc) is 2.94. The van der Waals surface area contributed by atoms with Crippen LogP contribution in [0.3, 0.4) is 0 Å². The van der Waals surface area contributed by atoms with Gasteiger partial charge in [0.2, 0.25) is 5.91 Å². The second-order valence-corrected chi connectivity index (χ2v) is 7.44. The third-order valence-electron chi connectivity index (χ3n) is 3.81. The fraction of sp³-hybridized carbons (Fsp3) is 0.389. The molecule has 0 bridgehead atoms. The van der Waals surface area contributed by atoms with Gasteiger partial charge < -0.3 is 10.4 Å². The van der Waals surface area contributed by atoms with Crippen LogP contribution in [0.1, 0.15) is 36.8 Å². The Morgan fingerprint density at radius 2 is 2.08 bits per heavy atom. The molecule has 0 spiro atoms. The van der Waals surface area contributed by atoms with Gasteiger partial charge in [-0.25, -0.2) is 9.48 Å². The molecule has 0 aliphatic rings. The number of thioether (sulfide) groups is 1. The number of rotatable bonds is 7. The Bertz CT molecular complexity index is 771. The molecule has 1 aromatic heterocycles. The Balaban J connectivity index is 2.24. The lowest BCUT2D eigenvalue weighted by Gasteiger charge is -2.19. The van der Waals surface area contributed by atoms with Crippen molar-refractivity contribution >= 4 is 29.3 Å². The van der Waals surface area contributed by atoms with Gasteiger partial charge in [0.25, 0.3) is 0 Å². The second-order valence-electron chi connectivity index (χ2n) is 6.02. The van der Waals surface area contributed by atoms with E-state index >= 15 is 0 Å². The number of aromatic nitrogens is 2. The molecule has 0 aliphatic carbocycles. The summed E-state index contributed by atoms with van der Waals surface area (Å²) in [5.41, 5.74) is 2.06. The van der Waals surface area contributed by atoms with Crippen LogP contribution in [0.2, 0.25) is 0 Å². The van der Waals surface area contributed by atoms with Gasteiger partial charge in [0, 0.05) is 5.69 Å². The smallest absolute Gasteiger partial charge is 0.339 e. The zero-order chi connectivity index (χ0) is 18.6. The van der Waals surface area contributed by atoms with Crippen molar-refractivity contribution < 1.29 is 14.7 Å². The fourth-order valence-corrected chi connectivity index (χ4v) is 3.51. The monoisotopic (exact) mass is 361 g/mol. The summed E-state index contributed by atoms with van der Waals surface area (Å²) >= 11 is 1.63. The predicted octanol–water partition coefficient (Wildman–Crippen LogP) is 3.60. The first kappa shape index (κ1) is 19.1. The number of carboxylic acid groups (broad SMARTS) is 1. The van der Waals surface area contributed by atoms with Crippen LogP contribution in [0.4, 0.5) is 5.69 Å². The van der Waals surface area contributed by atoms with Crippen LogP contribution in [0, 0.1) is 12.8 Å². The molecule has 7 heteroatoms. The van der Waals surface area contributed by atoms with Crippen LogP contribution in [0.15, 0.2) is 30.5 Å². The third kappa shape index (κ3) is 4.42. The third-order valence-corrected chi connectivity index (χ3v) is 5.26. The molecule has 2 aromatic rings. The molecule has 1 amide bonds. The maximum Gasteiger partial charge on any atom is 0.339 e. The molecule has 2 rings (SSSR count). The van der Waals surface area contributed by atoms with E-state index in [1.165, 1.54) is 6.20 Å². The molecule has 1 atom stereocenters. The molecule has 6 nitrogen and oxygen atoms in total. The number of carbonyl (C=O) groups excluding carboxylic acids is 1. The first-order valence-corrected chi connectivity index (χ1v) is 9.20. The van der Waals surface area contributed by atoms with Gasteiger partial charge >= 0.3 is 5.97 Å². The lowest BCUT2D eigenvalue weighted by Crippen LogP contribution is -2.29. The highest BCUT2D eigenvalue weighted by atomic mass is 32.2. The van der Waals surface area contributed by atoms with E-state index in [4.69, 9.17) is 5.11 Å². The summed E-state index contributed by atoms with van der Waals surface area (Å²) in [5.74, 6) is 0.0763. The Morgan fingerprint density at radius 3 is 2.64 bits per heavy atom. The van der Waals surface area contributed by atoms with Gasteiger partial charge in [-0.05, 0) is 36.8 Å². The van der Waals surface area contributed by atoms with E-state index in [1.54, 1.807) is 29.4 Å². The van der Waals surface area contributed by atoms with E-state index in [-0.39, 0.29) is 22.6 Å². The molecule has 0 saturated carbocycles. The van der Waals surface area contributed by atoms with Crippen molar-refractivity contribution in [2.75, 3.05) is 11.1 Å². The summed E-state index contributed by atoms with van der Waals surface area (Å²) in [6, 6.07) is 7.23. The van der Waals surface area contributed by atoms with Crippen molar-refractivity contribution in [3.63, 3.8) is 0 Å². The van der Waals surface area contributed by atoms with Gasteiger partial charge in [0.1, 0.15) is 5.56 Å². The zero-order valence-electron chi connectivity index (χ0n) is 14.8. The van der Waals surface area contributed by atoms with Gasteiger partial charge in [0.05, 0.1) is 22.8 Å². The molecule has 1 aromatic carbocycles. The second kappa shape index (κ2) is 8.20. The Hall–Kier alpha value is -2.28. The van der Waals surface area contributed by atoms with E-state index in [9.17, 15) is 9.59 Å². The molecule has 0 radical (unpaired) electrons. The number of nitrogens with zero attached hydrogens (tertiary/aromatic N) is 2. The van der Waals surface area contributed by atoms with Crippen molar-refractivity contribution in [2.24, 2.45) is 5.92 Å². The number of carboxylic acids is 1. The molecule has 0 aliphatic heterocycles. The quantitative estimate of drug-likeness (QED) is 0.787. The van der Waals surface area contributed by atoms with E-state index in [1.807, 2.05) is 39.0 Å². The number of hydrogen-bond acceptors (Lipinski definition) is 4. The van der Waals surface area contributed by atoms with E-state index in [0.717, 1.165) is 5.75 Å². The van der Waals surface area contributed by atoms with Gasteiger partial charge in [-0.15, -0.1) is 11.8 Å². The SMILES string of the molecule is CCSC(C(=O)Nc1cccc(-n2ncc(C(=O)O)c2C)c1)C(C)C. The topological polar surface area (TPSA) is 84.2 Å². The molecule has 1 unspecified atom stereocenters. The van der Waals surface area contributed by atoms with Crippen LogP contribution in [0.5, 0.6) is 0 Å². The summed E-state index contributed by atoms with van der Waals surface area (Å²) in [6.45, 7) is 7.80. The van der Waals surface area contributed by atoms with E-state index in [2.05, 4.69) is 10.4 Å². The highest BCUT2D eigenvalue weighted by Gasteiger charge is 2.22. The summed E-state index contributed by atoms with van der Waals surface area (Å²) in [4.78, 5) is 23.7. The molecule has 2 N–H and O–H groups in total. The number of carbonyl (C=O) groups is 2. The summed E-state index contributed by atoms with van der Waals surface area (Å²) in [5, 5.41) is 16.1. The maximum absolute atomic E-state index is 12.5. The van der Waals surface area contributed by atoms with Crippen LogP contribution >= 0.6 is 11.8 Å². The minimum Gasteiger partial charge on any atom is -0.478 e. The fourth-order valence-electron chi connectivity index (χ4n) is 2.56. The van der Waals surface area contributed by atoms with Crippen molar-refractivity contribution in [2.45, 2.75) is 32.9 Å². The highest BCUT2D eigenvalue weighted by molar-refractivity contribution is 8.00. The zero-order valence-corrected chi connectivity index (χ0v) is 15.6. The number of nitrogens with one attached hydrogen (secondary N) is 1. The summed E-state index contributed by atoms with van der Waals surface area (Å²) in [6.07, 6.45) is 1.33. The van der Waals surface area contributed by atoms with Gasteiger partial charge in [0.15, 0.2) is 0 Å². The molecule has 134 valence electrons. The van der Waals surface area contributed by atoms with Crippen LogP contribution in [-0.2, 0) is 4.79 Å². The van der Waals surface area contributed by atoms with Crippen LogP contribution < -0.4 is 5.32 Å². The van der Waals surface area contributed by atoms with Gasteiger partial charge in [-0.3, -0.25) is 4.79 Å². The number of anilines is 1. The summed E-state index contributed by atoms with van der Waals surface area (Å²) in [7, 11) is 0. The lowest BCUT2D eigenvalue weighted by atomic mass is 10.1. The number of aromatic carboxylic acids is 1. The standard InChI is InChI=1S/C18H23N3O3S/c1-5-25-16(11(2)3)17(22)20-13-7-6-8-14(9-13)21-12(4)15(10-19-21)18(23)24/h6-11,16H,5H2,1-4H3,(H,20,22)(H,23,24). The number of amides is 1. The molecule has 1 heterocycles. The minimum absolute atomic E-state index is 0.0255. The predicted molar refractivity (Wildman–Crippen MR) is 101 cm³/mol. The Kier molecular flexibility index (Phi) is 6.25. The maximum atomic E-state index is 12.5. The van der Waals surface area contributed by atoms with Crippen LogP contribution in [-0.4, -0.2) is 37.8 Å². The van der Waals surface area contributed by atoms with Crippen molar-refractivity contribution in [3.8, 4) is 5.69 Å². The van der Waals surface area contributed by atoms with Gasteiger partial charge in [-0.2, -0.15) is 5.10 Å². The summed E-state index contributed by atoms with van der Waals surface area (Å²) < 4.78 is 1.56. The number of hydrogen-bond donors (Lipinski definition) is 2.